The van der Waals surface area contributed by atoms with Crippen molar-refractivity contribution in [3.05, 3.63) is 41.9 Å². The highest BCUT2D eigenvalue weighted by molar-refractivity contribution is 5.26. The van der Waals surface area contributed by atoms with Crippen molar-refractivity contribution < 1.29 is 0 Å². The highest BCUT2D eigenvalue weighted by atomic mass is 14.6. The average Bonchev–Trinajstić information content (AvgIpc) is 1.90. The van der Waals surface area contributed by atoms with Crippen molar-refractivity contribution in [1.29, 1.82) is 0 Å². The third-order valence-corrected chi connectivity index (χ3v) is 1.23. The first kappa shape index (κ1) is 6.17. The molecule has 1 aromatic rings. The van der Waals surface area contributed by atoms with Crippen molar-refractivity contribution in [3.8, 4) is 0 Å². The van der Waals surface area contributed by atoms with Gasteiger partial charge in [0.1, 0.15) is 0 Å². The van der Waals surface area contributed by atoms with Crippen molar-refractivity contribution in [3.63, 3.8) is 0 Å². The molecule has 0 aliphatic rings. The Morgan fingerprint density at radius 1 is 1.22 bits per heavy atom. The van der Waals surface area contributed by atoms with Crippen LogP contribution in [0.1, 0.15) is 12.5 Å². The summed E-state index contributed by atoms with van der Waals surface area (Å²) >= 11 is 0. The Morgan fingerprint density at radius 2 is 1.78 bits per heavy atom. The maximum atomic E-state index is 5.53. The third-order valence-electron chi connectivity index (χ3n) is 1.23. The van der Waals surface area contributed by atoms with Gasteiger partial charge < -0.3 is 5.73 Å². The molecule has 0 heterocycles. The summed E-state index contributed by atoms with van der Waals surface area (Å²) in [5, 5.41) is 0. The molecule has 0 atom stereocenters. The molecular formula is C8H10N-. The number of hydrogen-bond acceptors (Lipinski definition) is 1. The van der Waals surface area contributed by atoms with Crippen LogP contribution in [0.25, 0.3) is 0 Å². The lowest BCUT2D eigenvalue weighted by Gasteiger charge is -2.12. The first-order valence-corrected chi connectivity index (χ1v) is 2.95. The van der Waals surface area contributed by atoms with Crippen LogP contribution < -0.4 is 5.73 Å². The molecule has 1 nitrogen and oxygen atoms in total. The molecule has 0 amide bonds. The number of rotatable bonds is 1. The molecule has 48 valence electrons. The van der Waals surface area contributed by atoms with E-state index in [-0.39, 0.29) is 0 Å². The Balaban J connectivity index is 2.85. The molecule has 0 radical (unpaired) electrons. The molecule has 0 spiro atoms. The smallest absolute Gasteiger partial charge is 0.0760 e. The van der Waals surface area contributed by atoms with Gasteiger partial charge in [0.15, 0.2) is 0 Å². The summed E-state index contributed by atoms with van der Waals surface area (Å²) in [6.07, 6.45) is 0. The maximum Gasteiger partial charge on any atom is -0.0760 e. The van der Waals surface area contributed by atoms with E-state index >= 15 is 0 Å². The number of hydrogen-bond donors (Lipinski definition) is 1. The van der Waals surface area contributed by atoms with Gasteiger partial charge in [0.05, 0.1) is 0 Å². The van der Waals surface area contributed by atoms with E-state index in [1.54, 1.807) is 0 Å². The van der Waals surface area contributed by atoms with Gasteiger partial charge in [0, 0.05) is 0 Å². The Kier molecular flexibility index (Phi) is 1.75. The minimum absolute atomic E-state index is 0.871. The third kappa shape index (κ3) is 1.47. The van der Waals surface area contributed by atoms with Gasteiger partial charge in [0.2, 0.25) is 0 Å². The number of nitrogens with two attached hydrogens (primary N) is 1. The lowest BCUT2D eigenvalue weighted by atomic mass is 10.1. The summed E-state index contributed by atoms with van der Waals surface area (Å²) in [7, 11) is 0. The molecule has 1 aromatic carbocycles. The zero-order valence-corrected chi connectivity index (χ0v) is 5.46. The van der Waals surface area contributed by atoms with E-state index in [1.165, 1.54) is 0 Å². The van der Waals surface area contributed by atoms with E-state index in [0.29, 0.717) is 0 Å². The zero-order chi connectivity index (χ0) is 6.69. The van der Waals surface area contributed by atoms with E-state index in [1.807, 2.05) is 37.3 Å². The van der Waals surface area contributed by atoms with Crippen molar-refractivity contribution in [2.45, 2.75) is 6.92 Å². The van der Waals surface area contributed by atoms with E-state index in [4.69, 9.17) is 5.73 Å². The van der Waals surface area contributed by atoms with E-state index < -0.39 is 0 Å². The summed E-state index contributed by atoms with van der Waals surface area (Å²) < 4.78 is 0. The Hall–Kier alpha value is -0.950. The van der Waals surface area contributed by atoms with Gasteiger partial charge in [-0.1, -0.05) is 13.0 Å². The second kappa shape index (κ2) is 2.55. The predicted octanol–water partition coefficient (Wildman–Crippen LogP) is 1.55. The number of benzene rings is 1. The van der Waals surface area contributed by atoms with Gasteiger partial charge in [-0.3, -0.25) is 0 Å². The molecule has 0 aromatic heterocycles. The van der Waals surface area contributed by atoms with Crippen molar-refractivity contribution in [2.75, 3.05) is 0 Å². The molecule has 0 fully saturated rings. The predicted molar refractivity (Wildman–Crippen MR) is 38.6 cm³/mol. The van der Waals surface area contributed by atoms with Crippen LogP contribution >= 0.6 is 0 Å². The SMILES string of the molecule is C[C-](N)c1ccccc1. The van der Waals surface area contributed by atoms with Crippen LogP contribution in [0, 0.1) is 6.04 Å². The van der Waals surface area contributed by atoms with E-state index in [2.05, 4.69) is 0 Å². The second-order valence-corrected chi connectivity index (χ2v) is 2.05. The average molecular weight is 120 g/mol. The van der Waals surface area contributed by atoms with Crippen LogP contribution in [0.3, 0.4) is 0 Å². The van der Waals surface area contributed by atoms with Gasteiger partial charge in [-0.2, -0.15) is 17.7 Å². The largest absolute Gasteiger partial charge is 0.358 e. The van der Waals surface area contributed by atoms with Crippen LogP contribution in [-0.2, 0) is 0 Å². The van der Waals surface area contributed by atoms with Gasteiger partial charge in [-0.15, -0.1) is 18.2 Å². The lowest BCUT2D eigenvalue weighted by Crippen LogP contribution is -2.04. The topological polar surface area (TPSA) is 26.0 Å². The lowest BCUT2D eigenvalue weighted by molar-refractivity contribution is 1.09. The summed E-state index contributed by atoms with van der Waals surface area (Å²) in [4.78, 5) is 0. The van der Waals surface area contributed by atoms with Gasteiger partial charge in [0.25, 0.3) is 0 Å². The fraction of sp³-hybridized carbons (Fsp3) is 0.125. The van der Waals surface area contributed by atoms with Crippen LogP contribution in [-0.4, -0.2) is 0 Å². The standard InChI is InChI=1S/C8H10N/c1-7(9)8-5-3-2-4-6-8/h2-6H,9H2,1H3/q-1. The fourth-order valence-corrected chi connectivity index (χ4v) is 0.701. The van der Waals surface area contributed by atoms with Crippen molar-refractivity contribution in [1.82, 2.24) is 0 Å². The molecular weight excluding hydrogens is 110 g/mol. The molecule has 0 aliphatic carbocycles. The van der Waals surface area contributed by atoms with Crippen LogP contribution in [0.4, 0.5) is 0 Å². The highest BCUT2D eigenvalue weighted by Gasteiger charge is 1.82. The molecule has 0 saturated heterocycles. The van der Waals surface area contributed by atoms with Gasteiger partial charge in [-0.25, -0.2) is 0 Å². The van der Waals surface area contributed by atoms with Gasteiger partial charge >= 0.3 is 0 Å². The molecule has 9 heavy (non-hydrogen) atoms. The van der Waals surface area contributed by atoms with E-state index in [0.717, 1.165) is 11.6 Å². The molecule has 1 heteroatoms. The highest BCUT2D eigenvalue weighted by Crippen LogP contribution is 2.05. The van der Waals surface area contributed by atoms with Gasteiger partial charge in [-0.05, 0) is 0 Å². The Morgan fingerprint density at radius 3 is 2.11 bits per heavy atom. The molecule has 0 saturated carbocycles. The van der Waals surface area contributed by atoms with Crippen LogP contribution in [0.15, 0.2) is 30.3 Å². The summed E-state index contributed by atoms with van der Waals surface area (Å²) in [6, 6.07) is 10.8. The summed E-state index contributed by atoms with van der Waals surface area (Å²) in [6.45, 7) is 1.90. The maximum absolute atomic E-state index is 5.53. The second-order valence-electron chi connectivity index (χ2n) is 2.05. The van der Waals surface area contributed by atoms with Crippen molar-refractivity contribution >= 4 is 0 Å². The normalized spacial score (nSPS) is 9.11. The Labute approximate surface area is 55.5 Å². The molecule has 1 rings (SSSR count). The molecule has 0 aliphatic heterocycles. The summed E-state index contributed by atoms with van der Waals surface area (Å²) in [5.74, 6) is 0. The minimum atomic E-state index is 0.871. The quantitative estimate of drug-likeness (QED) is 0.559. The fourth-order valence-electron chi connectivity index (χ4n) is 0.701. The minimum Gasteiger partial charge on any atom is -0.358 e. The van der Waals surface area contributed by atoms with Crippen molar-refractivity contribution in [2.24, 2.45) is 5.73 Å². The first-order chi connectivity index (χ1) is 4.30. The van der Waals surface area contributed by atoms with E-state index in [9.17, 15) is 0 Å². The monoisotopic (exact) mass is 120 g/mol. The molecule has 2 N–H and O–H groups in total. The molecule has 0 unspecified atom stereocenters. The van der Waals surface area contributed by atoms with Crippen LogP contribution in [0.5, 0.6) is 0 Å². The zero-order valence-electron chi connectivity index (χ0n) is 5.46. The molecule has 0 bridgehead atoms. The van der Waals surface area contributed by atoms with Crippen LogP contribution in [0.2, 0.25) is 0 Å². The summed E-state index contributed by atoms with van der Waals surface area (Å²) in [5.41, 5.74) is 6.64. The Bertz CT molecular complexity index is 167. The first-order valence-electron chi connectivity index (χ1n) is 2.95.